The van der Waals surface area contributed by atoms with Gasteiger partial charge in [-0.25, -0.2) is 9.37 Å². The maximum Gasteiger partial charge on any atom is 0.259 e. The van der Waals surface area contributed by atoms with E-state index in [0.29, 0.717) is 19.0 Å². The van der Waals surface area contributed by atoms with Gasteiger partial charge in [0.15, 0.2) is 5.60 Å². The van der Waals surface area contributed by atoms with Gasteiger partial charge in [0.2, 0.25) is 0 Å². The third-order valence-corrected chi connectivity index (χ3v) is 5.73. The molecule has 0 aliphatic carbocycles. The van der Waals surface area contributed by atoms with E-state index < -0.39 is 11.4 Å². The number of ether oxygens (including phenoxy) is 1. The lowest BCUT2D eigenvalue weighted by molar-refractivity contribution is -0.155. The van der Waals surface area contributed by atoms with Crippen molar-refractivity contribution in [1.29, 1.82) is 0 Å². The smallest absolute Gasteiger partial charge is 0.259 e. The number of thiazole rings is 1. The molecule has 1 aromatic carbocycles. The average Bonchev–Trinajstić information content (AvgIpc) is 3.15. The molecule has 3 rings (SSSR count). The highest BCUT2D eigenvalue weighted by atomic mass is 32.1. The van der Waals surface area contributed by atoms with Crippen LogP contribution in [0.3, 0.4) is 0 Å². The van der Waals surface area contributed by atoms with Crippen LogP contribution in [0.1, 0.15) is 36.3 Å². The van der Waals surface area contributed by atoms with Gasteiger partial charge in [0, 0.05) is 43.3 Å². The van der Waals surface area contributed by atoms with Crippen molar-refractivity contribution in [2.45, 2.75) is 31.3 Å². The van der Waals surface area contributed by atoms with Gasteiger partial charge in [-0.3, -0.25) is 4.79 Å². The lowest BCUT2D eigenvalue weighted by atomic mass is 9.91. The van der Waals surface area contributed by atoms with Gasteiger partial charge in [-0.15, -0.1) is 11.3 Å². The van der Waals surface area contributed by atoms with Crippen LogP contribution in [-0.4, -0.2) is 36.0 Å². The number of aromatic nitrogens is 1. The number of amides is 1. The summed E-state index contributed by atoms with van der Waals surface area (Å²) in [6.07, 6.45) is 3.56. The fourth-order valence-corrected chi connectivity index (χ4v) is 4.04. The maximum atomic E-state index is 14.2. The molecule has 0 radical (unpaired) electrons. The summed E-state index contributed by atoms with van der Waals surface area (Å²) in [6.45, 7) is 2.91. The molecule has 6 heteroatoms. The predicted molar refractivity (Wildman–Crippen MR) is 91.4 cm³/mol. The van der Waals surface area contributed by atoms with Gasteiger partial charge >= 0.3 is 0 Å². The summed E-state index contributed by atoms with van der Waals surface area (Å²) in [5, 5.41) is 3.11. The number of halogens is 1. The maximum absolute atomic E-state index is 14.2. The van der Waals surface area contributed by atoms with E-state index >= 15 is 0 Å². The van der Waals surface area contributed by atoms with Crippen molar-refractivity contribution < 1.29 is 13.9 Å². The van der Waals surface area contributed by atoms with E-state index in [-0.39, 0.29) is 11.5 Å². The SMILES string of the molecule is CO[C@](C)(C(=O)N1CCC(c2nccs2)CC1)c1ccccc1F. The highest BCUT2D eigenvalue weighted by molar-refractivity contribution is 7.09. The van der Waals surface area contributed by atoms with E-state index in [4.69, 9.17) is 4.74 Å². The number of piperidine rings is 1. The lowest BCUT2D eigenvalue weighted by Gasteiger charge is -2.37. The highest BCUT2D eigenvalue weighted by Crippen LogP contribution is 2.34. The lowest BCUT2D eigenvalue weighted by Crippen LogP contribution is -2.49. The van der Waals surface area contributed by atoms with E-state index in [1.54, 1.807) is 41.4 Å². The second-order valence-electron chi connectivity index (χ2n) is 6.15. The van der Waals surface area contributed by atoms with E-state index in [2.05, 4.69) is 4.98 Å². The molecule has 4 nitrogen and oxygen atoms in total. The van der Waals surface area contributed by atoms with Crippen LogP contribution in [-0.2, 0) is 15.1 Å². The molecular formula is C18H21FN2O2S. The van der Waals surface area contributed by atoms with E-state index in [1.165, 1.54) is 13.2 Å². The molecule has 1 amide bonds. The van der Waals surface area contributed by atoms with Crippen LogP contribution in [0.25, 0.3) is 0 Å². The van der Waals surface area contributed by atoms with Gasteiger partial charge in [0.1, 0.15) is 5.82 Å². The summed E-state index contributed by atoms with van der Waals surface area (Å²) in [7, 11) is 1.45. The molecule has 0 bridgehead atoms. The van der Waals surface area contributed by atoms with Crippen LogP contribution >= 0.6 is 11.3 Å². The first-order valence-electron chi connectivity index (χ1n) is 8.05. The summed E-state index contributed by atoms with van der Waals surface area (Å²) in [6, 6.07) is 6.30. The third-order valence-electron chi connectivity index (χ3n) is 4.79. The van der Waals surface area contributed by atoms with Crippen molar-refractivity contribution in [1.82, 2.24) is 9.88 Å². The molecule has 2 aromatic rings. The van der Waals surface area contributed by atoms with E-state index in [1.807, 2.05) is 11.6 Å². The fourth-order valence-electron chi connectivity index (χ4n) is 3.23. The molecule has 1 fully saturated rings. The van der Waals surface area contributed by atoms with E-state index in [9.17, 15) is 9.18 Å². The Labute approximate surface area is 145 Å². The minimum Gasteiger partial charge on any atom is -0.364 e. The number of methoxy groups -OCH3 is 1. The first-order valence-corrected chi connectivity index (χ1v) is 8.93. The van der Waals surface area contributed by atoms with Gasteiger partial charge in [-0.05, 0) is 25.8 Å². The summed E-state index contributed by atoms with van der Waals surface area (Å²) < 4.78 is 19.7. The van der Waals surface area contributed by atoms with Gasteiger partial charge in [-0.1, -0.05) is 18.2 Å². The van der Waals surface area contributed by atoms with Crippen molar-refractivity contribution in [2.24, 2.45) is 0 Å². The quantitative estimate of drug-likeness (QED) is 0.849. The molecule has 0 spiro atoms. The summed E-state index contributed by atoms with van der Waals surface area (Å²) in [4.78, 5) is 19.2. The first kappa shape index (κ1) is 17.0. The average molecular weight is 348 g/mol. The Balaban J connectivity index is 1.75. The molecule has 2 heterocycles. The molecule has 0 saturated carbocycles. The number of nitrogens with zero attached hydrogens (tertiary/aromatic N) is 2. The molecule has 0 unspecified atom stereocenters. The van der Waals surface area contributed by atoms with Crippen molar-refractivity contribution in [3.8, 4) is 0 Å². The summed E-state index contributed by atoms with van der Waals surface area (Å²) in [5.74, 6) is -0.211. The Morgan fingerprint density at radius 3 is 2.67 bits per heavy atom. The van der Waals surface area contributed by atoms with Gasteiger partial charge < -0.3 is 9.64 Å². The normalized spacial score (nSPS) is 18.4. The van der Waals surface area contributed by atoms with Crippen molar-refractivity contribution in [2.75, 3.05) is 20.2 Å². The zero-order valence-electron chi connectivity index (χ0n) is 13.9. The molecule has 1 saturated heterocycles. The molecule has 24 heavy (non-hydrogen) atoms. The molecular weight excluding hydrogens is 327 g/mol. The Morgan fingerprint density at radius 2 is 2.08 bits per heavy atom. The van der Waals surface area contributed by atoms with Crippen LogP contribution in [0.2, 0.25) is 0 Å². The Bertz CT molecular complexity index is 699. The fraction of sp³-hybridized carbons (Fsp3) is 0.444. The predicted octanol–water partition coefficient (Wildman–Crippen LogP) is 3.55. The zero-order valence-corrected chi connectivity index (χ0v) is 14.7. The summed E-state index contributed by atoms with van der Waals surface area (Å²) >= 11 is 1.66. The number of rotatable bonds is 4. The number of benzene rings is 1. The molecule has 1 aliphatic heterocycles. The second kappa shape index (κ2) is 6.99. The van der Waals surface area contributed by atoms with Crippen LogP contribution in [0.4, 0.5) is 4.39 Å². The highest BCUT2D eigenvalue weighted by Gasteiger charge is 2.41. The Hall–Kier alpha value is -1.79. The van der Waals surface area contributed by atoms with Gasteiger partial charge in [-0.2, -0.15) is 0 Å². The number of likely N-dealkylation sites (tertiary alicyclic amines) is 1. The first-order chi connectivity index (χ1) is 11.6. The third kappa shape index (κ3) is 3.08. The number of carbonyl (C=O) groups excluding carboxylic acids is 1. The largest absolute Gasteiger partial charge is 0.364 e. The molecule has 1 aliphatic rings. The minimum atomic E-state index is -1.31. The van der Waals surface area contributed by atoms with Crippen molar-refractivity contribution in [3.63, 3.8) is 0 Å². The molecule has 0 N–H and O–H groups in total. The van der Waals surface area contributed by atoms with Gasteiger partial charge in [0.25, 0.3) is 5.91 Å². The standard InChI is InChI=1S/C18H21FN2O2S/c1-18(23-2,14-5-3-4-6-15(14)19)17(22)21-10-7-13(8-11-21)16-20-9-12-24-16/h3-6,9,12-13H,7-8,10-11H2,1-2H3/t18-/m0/s1. The van der Waals surface area contributed by atoms with Crippen LogP contribution in [0, 0.1) is 5.82 Å². The topological polar surface area (TPSA) is 42.4 Å². The Kier molecular flexibility index (Phi) is 4.96. The Morgan fingerprint density at radius 1 is 1.38 bits per heavy atom. The van der Waals surface area contributed by atoms with Crippen molar-refractivity contribution in [3.05, 3.63) is 52.2 Å². The molecule has 1 aromatic heterocycles. The number of hydrogen-bond acceptors (Lipinski definition) is 4. The van der Waals surface area contributed by atoms with Crippen molar-refractivity contribution >= 4 is 17.2 Å². The second-order valence-corrected chi connectivity index (χ2v) is 7.08. The zero-order chi connectivity index (χ0) is 17.2. The van der Waals surface area contributed by atoms with Gasteiger partial charge in [0.05, 0.1) is 5.01 Å². The molecule has 1 atom stereocenters. The number of carbonyl (C=O) groups is 1. The van der Waals surface area contributed by atoms with E-state index in [0.717, 1.165) is 17.8 Å². The van der Waals surface area contributed by atoms with Crippen LogP contribution < -0.4 is 0 Å². The van der Waals surface area contributed by atoms with Crippen LogP contribution in [0.15, 0.2) is 35.8 Å². The van der Waals surface area contributed by atoms with Crippen LogP contribution in [0.5, 0.6) is 0 Å². The minimum absolute atomic E-state index is 0.187. The number of hydrogen-bond donors (Lipinski definition) is 0. The summed E-state index contributed by atoms with van der Waals surface area (Å²) in [5.41, 5.74) is -1.03. The monoisotopic (exact) mass is 348 g/mol. The molecule has 128 valence electrons.